The van der Waals surface area contributed by atoms with Gasteiger partial charge in [-0.1, -0.05) is 111 Å². The number of nitriles is 1. The van der Waals surface area contributed by atoms with Gasteiger partial charge in [-0.2, -0.15) is 15.2 Å². The van der Waals surface area contributed by atoms with Gasteiger partial charge in [0.25, 0.3) is 5.91 Å². The van der Waals surface area contributed by atoms with Crippen LogP contribution in [0, 0.1) is 17.2 Å². The van der Waals surface area contributed by atoms with Gasteiger partial charge in [-0.25, -0.2) is 4.39 Å². The number of amides is 1. The predicted octanol–water partition coefficient (Wildman–Crippen LogP) is 9.71. The van der Waals surface area contributed by atoms with Crippen LogP contribution in [0.25, 0.3) is 0 Å². The minimum Gasteiger partial charge on any atom is -0.463 e. The van der Waals surface area contributed by atoms with Crippen LogP contribution in [-0.2, 0) is 24.1 Å². The van der Waals surface area contributed by atoms with E-state index in [1.54, 1.807) is 0 Å². The summed E-state index contributed by atoms with van der Waals surface area (Å²) in [6.45, 7) is 19.6. The number of hydrogen-bond acceptors (Lipinski definition) is 6. The summed E-state index contributed by atoms with van der Waals surface area (Å²) in [4.78, 5) is 25.9. The SMILES string of the molecule is C=C(F)C(=O)N1CCN(c2nc(OCC(CCC)CCC)nc(CCCc3ccccc3Cl)c2CCC)CC1CC#N.CC.CCC. The molecule has 1 aromatic heterocycles. The van der Waals surface area contributed by atoms with Crippen LogP contribution in [0.4, 0.5) is 10.2 Å². The molecule has 0 bridgehead atoms. The van der Waals surface area contributed by atoms with Crippen LogP contribution in [0.2, 0.25) is 5.02 Å². The summed E-state index contributed by atoms with van der Waals surface area (Å²) in [5, 5.41) is 10.2. The number of rotatable bonds is 16. The number of aryl methyl sites for hydroxylation is 2. The highest BCUT2D eigenvalue weighted by molar-refractivity contribution is 6.31. The summed E-state index contributed by atoms with van der Waals surface area (Å²) < 4.78 is 20.1. The molecule has 262 valence electrons. The number of carbonyl (C=O) groups excluding carboxylic acids is 1. The lowest BCUT2D eigenvalue weighted by Gasteiger charge is -2.41. The van der Waals surface area contributed by atoms with E-state index in [1.165, 1.54) is 11.3 Å². The Morgan fingerprint density at radius 2 is 1.72 bits per heavy atom. The molecule has 47 heavy (non-hydrogen) atoms. The second kappa shape index (κ2) is 24.0. The van der Waals surface area contributed by atoms with E-state index in [0.717, 1.165) is 85.4 Å². The van der Waals surface area contributed by atoms with Gasteiger partial charge in [0.2, 0.25) is 0 Å². The third kappa shape index (κ3) is 13.8. The first kappa shape index (κ1) is 41.8. The lowest BCUT2D eigenvalue weighted by molar-refractivity contribution is -0.131. The minimum absolute atomic E-state index is 0.0908. The van der Waals surface area contributed by atoms with Gasteiger partial charge in [-0.05, 0) is 56.1 Å². The first-order valence-corrected chi connectivity index (χ1v) is 18.1. The molecule has 1 amide bonds. The Kier molecular flexibility index (Phi) is 21.4. The van der Waals surface area contributed by atoms with Crippen molar-refractivity contribution in [3.63, 3.8) is 0 Å². The zero-order valence-corrected chi connectivity index (χ0v) is 30.8. The zero-order chi connectivity index (χ0) is 35.2. The number of hydrogen-bond donors (Lipinski definition) is 0. The second-order valence-electron chi connectivity index (χ2n) is 11.8. The number of halogens is 2. The number of carbonyl (C=O) groups is 1. The minimum atomic E-state index is -1.01. The Labute approximate surface area is 289 Å². The molecule has 7 nitrogen and oxygen atoms in total. The van der Waals surface area contributed by atoms with Crippen LogP contribution in [0.5, 0.6) is 6.01 Å². The lowest BCUT2D eigenvalue weighted by atomic mass is 9.99. The van der Waals surface area contributed by atoms with E-state index in [0.29, 0.717) is 31.6 Å². The molecule has 0 saturated carbocycles. The number of ether oxygens (including phenoxy) is 1. The summed E-state index contributed by atoms with van der Waals surface area (Å²) in [6, 6.07) is 9.96. The van der Waals surface area contributed by atoms with Crippen LogP contribution < -0.4 is 9.64 Å². The second-order valence-corrected chi connectivity index (χ2v) is 12.2. The zero-order valence-electron chi connectivity index (χ0n) is 30.1. The van der Waals surface area contributed by atoms with Gasteiger partial charge in [-0.3, -0.25) is 4.79 Å². The Hall–Kier alpha value is -3.18. The van der Waals surface area contributed by atoms with Gasteiger partial charge in [0.1, 0.15) is 5.82 Å². The molecule has 3 rings (SSSR count). The summed E-state index contributed by atoms with van der Waals surface area (Å²) in [5.41, 5.74) is 3.13. The molecule has 1 aliphatic rings. The predicted molar refractivity (Wildman–Crippen MR) is 194 cm³/mol. The smallest absolute Gasteiger partial charge is 0.318 e. The Morgan fingerprint density at radius 1 is 1.06 bits per heavy atom. The van der Waals surface area contributed by atoms with Crippen LogP contribution >= 0.6 is 11.6 Å². The monoisotopic (exact) mass is 671 g/mol. The van der Waals surface area contributed by atoms with E-state index >= 15 is 0 Å². The average molecular weight is 672 g/mol. The first-order chi connectivity index (χ1) is 22.7. The molecule has 1 unspecified atom stereocenters. The highest BCUT2D eigenvalue weighted by Crippen LogP contribution is 2.30. The molecule has 1 saturated heterocycles. The van der Waals surface area contributed by atoms with Crippen molar-refractivity contribution in [1.82, 2.24) is 14.9 Å². The van der Waals surface area contributed by atoms with Gasteiger partial charge in [0.05, 0.1) is 30.8 Å². The topological polar surface area (TPSA) is 82.3 Å². The first-order valence-electron chi connectivity index (χ1n) is 17.8. The molecule has 0 N–H and O–H groups in total. The van der Waals surface area contributed by atoms with Crippen molar-refractivity contribution in [3.8, 4) is 12.1 Å². The molecule has 2 heterocycles. The van der Waals surface area contributed by atoms with Crippen molar-refractivity contribution in [2.45, 2.75) is 125 Å². The summed E-state index contributed by atoms with van der Waals surface area (Å²) in [5.74, 6) is -0.542. The van der Waals surface area contributed by atoms with Gasteiger partial charge in [0, 0.05) is 30.2 Å². The normalized spacial score (nSPS) is 14.0. The fourth-order valence-electron chi connectivity index (χ4n) is 5.75. The molecule has 1 atom stereocenters. The highest BCUT2D eigenvalue weighted by atomic mass is 35.5. The largest absolute Gasteiger partial charge is 0.463 e. The molecular weight excluding hydrogens is 613 g/mol. The van der Waals surface area contributed by atoms with Crippen molar-refractivity contribution in [3.05, 3.63) is 58.5 Å². The van der Waals surface area contributed by atoms with Crippen molar-refractivity contribution < 1.29 is 13.9 Å². The fourth-order valence-corrected chi connectivity index (χ4v) is 5.98. The summed E-state index contributed by atoms with van der Waals surface area (Å²) in [6.07, 6.45) is 9.83. The quantitative estimate of drug-likeness (QED) is 0.165. The number of anilines is 1. The van der Waals surface area contributed by atoms with E-state index in [2.05, 4.69) is 58.2 Å². The van der Waals surface area contributed by atoms with Crippen molar-refractivity contribution >= 4 is 23.3 Å². The number of aromatic nitrogens is 2. The maximum Gasteiger partial charge on any atom is 0.318 e. The molecule has 9 heteroatoms. The summed E-state index contributed by atoms with van der Waals surface area (Å²) in [7, 11) is 0. The molecule has 1 fully saturated rings. The van der Waals surface area contributed by atoms with Gasteiger partial charge >= 0.3 is 6.01 Å². The molecule has 0 radical (unpaired) electrons. The van der Waals surface area contributed by atoms with Gasteiger partial charge in [0.15, 0.2) is 5.83 Å². The van der Waals surface area contributed by atoms with E-state index < -0.39 is 17.8 Å². The maximum atomic E-state index is 13.8. The number of piperazine rings is 1. The Bertz CT molecular complexity index is 1250. The molecule has 0 spiro atoms. The van der Waals surface area contributed by atoms with E-state index in [-0.39, 0.29) is 13.0 Å². The molecule has 1 aliphatic heterocycles. The van der Waals surface area contributed by atoms with Crippen LogP contribution in [0.15, 0.2) is 36.7 Å². The molecule has 0 aliphatic carbocycles. The van der Waals surface area contributed by atoms with Gasteiger partial charge < -0.3 is 14.5 Å². The maximum absolute atomic E-state index is 13.8. The van der Waals surface area contributed by atoms with E-state index in [4.69, 9.17) is 26.3 Å². The van der Waals surface area contributed by atoms with Crippen LogP contribution in [0.1, 0.15) is 117 Å². The third-order valence-electron chi connectivity index (χ3n) is 7.81. The fraction of sp³-hybridized carbons (Fsp3) is 0.632. The Balaban J connectivity index is 0.00000208. The van der Waals surface area contributed by atoms with Crippen LogP contribution in [-0.4, -0.2) is 53.1 Å². The Morgan fingerprint density at radius 3 is 2.30 bits per heavy atom. The van der Waals surface area contributed by atoms with E-state index in [9.17, 15) is 14.4 Å². The van der Waals surface area contributed by atoms with Gasteiger partial charge in [-0.15, -0.1) is 0 Å². The molecule has 1 aromatic carbocycles. The molecular formula is C38H59ClFN5O2. The third-order valence-corrected chi connectivity index (χ3v) is 8.18. The number of nitrogens with zero attached hydrogens (tertiary/aromatic N) is 5. The van der Waals surface area contributed by atoms with Crippen LogP contribution in [0.3, 0.4) is 0 Å². The number of benzene rings is 1. The lowest BCUT2D eigenvalue weighted by Crippen LogP contribution is -2.55. The van der Waals surface area contributed by atoms with Crippen molar-refractivity contribution in [1.29, 1.82) is 5.26 Å². The van der Waals surface area contributed by atoms with Crippen molar-refractivity contribution in [2.24, 2.45) is 5.92 Å². The van der Waals surface area contributed by atoms with E-state index in [1.807, 2.05) is 32.0 Å². The summed E-state index contributed by atoms with van der Waals surface area (Å²) >= 11 is 6.42. The van der Waals surface area contributed by atoms with Crippen molar-refractivity contribution in [2.75, 3.05) is 31.1 Å². The highest BCUT2D eigenvalue weighted by Gasteiger charge is 2.33. The molecule has 2 aromatic rings. The standard InChI is InChI=1S/C33H45ClFN5O2.C3H8.C2H6/c1-5-11-25(12-6-2)23-42-33-37-30(17-10-15-26-14-8-9-16-29(26)34)28(13-7-3)31(38-33)39-20-21-40(32(41)24(4)35)27(22-39)18-19-36;1-3-2;1-2/h8-9,14,16,25,27H,4-7,10-13,15,17-18,20-23H2,1-3H3;3H2,1-2H3;1-2H3. The average Bonchev–Trinajstić information content (AvgIpc) is 3.06.